The average Bonchev–Trinajstić information content (AvgIpc) is 2.92. The summed E-state index contributed by atoms with van der Waals surface area (Å²) in [6, 6.07) is 6.55. The van der Waals surface area contributed by atoms with Crippen LogP contribution in [0.15, 0.2) is 18.2 Å². The van der Waals surface area contributed by atoms with E-state index in [0.717, 1.165) is 19.1 Å². The number of benzene rings is 1. The molecule has 0 amide bonds. The first kappa shape index (κ1) is 13.1. The quantitative estimate of drug-likeness (QED) is 0.787. The van der Waals surface area contributed by atoms with Gasteiger partial charge in [0.05, 0.1) is 13.2 Å². The molecule has 0 spiro atoms. The van der Waals surface area contributed by atoms with Gasteiger partial charge in [-0.15, -0.1) is 0 Å². The molecule has 0 aromatic heterocycles. The summed E-state index contributed by atoms with van der Waals surface area (Å²) >= 11 is 0. The third kappa shape index (κ3) is 2.70. The van der Waals surface area contributed by atoms with Crippen molar-refractivity contribution < 1.29 is 9.47 Å². The van der Waals surface area contributed by atoms with Crippen LogP contribution in [-0.2, 0) is 9.47 Å². The highest BCUT2D eigenvalue weighted by molar-refractivity contribution is 5.38. The van der Waals surface area contributed by atoms with Crippen LogP contribution in [0.5, 0.6) is 0 Å². The van der Waals surface area contributed by atoms with Crippen LogP contribution in [0, 0.1) is 12.8 Å². The largest absolute Gasteiger partial charge is 0.346 e. The molecule has 1 aliphatic heterocycles. The summed E-state index contributed by atoms with van der Waals surface area (Å²) in [5.74, 6) is 1.53. The molecular formula is C17H24O2. The van der Waals surface area contributed by atoms with Gasteiger partial charge in [0.25, 0.3) is 0 Å². The second-order valence-corrected chi connectivity index (χ2v) is 6.12. The highest BCUT2D eigenvalue weighted by Gasteiger charge is 2.28. The Kier molecular flexibility index (Phi) is 3.90. The lowest BCUT2D eigenvalue weighted by Crippen LogP contribution is -2.16. The van der Waals surface area contributed by atoms with E-state index in [1.165, 1.54) is 42.4 Å². The van der Waals surface area contributed by atoms with Crippen LogP contribution < -0.4 is 0 Å². The Morgan fingerprint density at radius 3 is 2.63 bits per heavy atom. The molecule has 1 saturated heterocycles. The zero-order chi connectivity index (χ0) is 13.2. The highest BCUT2D eigenvalue weighted by atomic mass is 16.7. The van der Waals surface area contributed by atoms with E-state index in [4.69, 9.17) is 9.47 Å². The highest BCUT2D eigenvalue weighted by Crippen LogP contribution is 2.41. The molecule has 0 N–H and O–H groups in total. The van der Waals surface area contributed by atoms with Gasteiger partial charge in [-0.1, -0.05) is 38.0 Å². The van der Waals surface area contributed by atoms with E-state index in [1.807, 2.05) is 0 Å². The molecular weight excluding hydrogens is 236 g/mol. The molecule has 2 nitrogen and oxygen atoms in total. The Morgan fingerprint density at radius 1 is 1.11 bits per heavy atom. The molecule has 1 aliphatic carbocycles. The maximum atomic E-state index is 5.73. The van der Waals surface area contributed by atoms with Gasteiger partial charge in [0.2, 0.25) is 0 Å². The molecule has 2 fully saturated rings. The molecule has 19 heavy (non-hydrogen) atoms. The van der Waals surface area contributed by atoms with E-state index in [0.29, 0.717) is 5.92 Å². The van der Waals surface area contributed by atoms with Crippen molar-refractivity contribution in [3.05, 3.63) is 34.9 Å². The summed E-state index contributed by atoms with van der Waals surface area (Å²) in [7, 11) is 0. The fourth-order valence-corrected chi connectivity index (χ4v) is 3.70. The normalized spacial score (nSPS) is 28.7. The van der Waals surface area contributed by atoms with Gasteiger partial charge in [-0.2, -0.15) is 0 Å². The Balaban J connectivity index is 1.93. The smallest absolute Gasteiger partial charge is 0.184 e. The van der Waals surface area contributed by atoms with Gasteiger partial charge in [0.15, 0.2) is 6.29 Å². The molecule has 3 rings (SSSR count). The molecule has 1 heterocycles. The van der Waals surface area contributed by atoms with Gasteiger partial charge in [-0.3, -0.25) is 0 Å². The van der Waals surface area contributed by atoms with Crippen molar-refractivity contribution in [3.8, 4) is 0 Å². The summed E-state index contributed by atoms with van der Waals surface area (Å²) in [5.41, 5.74) is 4.17. The van der Waals surface area contributed by atoms with Crippen LogP contribution in [-0.4, -0.2) is 13.2 Å². The number of hydrogen-bond donors (Lipinski definition) is 0. The second kappa shape index (κ2) is 5.64. The van der Waals surface area contributed by atoms with Gasteiger partial charge in [-0.05, 0) is 42.7 Å². The minimum atomic E-state index is -0.132. The lowest BCUT2D eigenvalue weighted by Gasteiger charge is -2.30. The molecule has 0 bridgehead atoms. The van der Waals surface area contributed by atoms with Crippen molar-refractivity contribution in [3.63, 3.8) is 0 Å². The molecule has 104 valence electrons. The first-order valence-corrected chi connectivity index (χ1v) is 7.58. The minimum absolute atomic E-state index is 0.132. The van der Waals surface area contributed by atoms with Gasteiger partial charge in [0.1, 0.15) is 0 Å². The predicted octanol–water partition coefficient (Wildman–Crippen LogP) is 4.33. The summed E-state index contributed by atoms with van der Waals surface area (Å²) in [6.07, 6.45) is 5.23. The lowest BCUT2D eigenvalue weighted by atomic mass is 9.76. The van der Waals surface area contributed by atoms with Gasteiger partial charge in [-0.25, -0.2) is 0 Å². The van der Waals surface area contributed by atoms with Crippen molar-refractivity contribution in [2.45, 2.75) is 51.7 Å². The number of ether oxygens (including phenoxy) is 2. The fourth-order valence-electron chi connectivity index (χ4n) is 3.70. The Morgan fingerprint density at radius 2 is 1.89 bits per heavy atom. The van der Waals surface area contributed by atoms with Crippen molar-refractivity contribution >= 4 is 0 Å². The molecule has 0 radical (unpaired) electrons. The van der Waals surface area contributed by atoms with E-state index in [-0.39, 0.29) is 6.29 Å². The number of hydrogen-bond acceptors (Lipinski definition) is 2. The SMILES string of the molecule is Cc1cccc(C2OCCO2)c1C1CCCC(C)C1. The molecule has 1 aromatic carbocycles. The van der Waals surface area contributed by atoms with Crippen LogP contribution in [0.3, 0.4) is 0 Å². The molecule has 1 saturated carbocycles. The Hall–Kier alpha value is -0.860. The van der Waals surface area contributed by atoms with Crippen molar-refractivity contribution in [1.82, 2.24) is 0 Å². The second-order valence-electron chi connectivity index (χ2n) is 6.12. The number of rotatable bonds is 2. The molecule has 2 aliphatic rings. The lowest BCUT2D eigenvalue weighted by molar-refractivity contribution is -0.0451. The van der Waals surface area contributed by atoms with Gasteiger partial charge in [0, 0.05) is 5.56 Å². The Bertz CT molecular complexity index is 435. The summed E-state index contributed by atoms with van der Waals surface area (Å²) < 4.78 is 11.5. The third-order valence-corrected chi connectivity index (χ3v) is 4.58. The van der Waals surface area contributed by atoms with E-state index < -0.39 is 0 Å². The monoisotopic (exact) mass is 260 g/mol. The van der Waals surface area contributed by atoms with Crippen LogP contribution >= 0.6 is 0 Å². The van der Waals surface area contributed by atoms with Gasteiger partial charge < -0.3 is 9.47 Å². The van der Waals surface area contributed by atoms with Crippen LogP contribution in [0.2, 0.25) is 0 Å². The Labute approximate surface area is 116 Å². The first-order valence-electron chi connectivity index (χ1n) is 7.58. The topological polar surface area (TPSA) is 18.5 Å². The number of aryl methyl sites for hydroxylation is 1. The average molecular weight is 260 g/mol. The van der Waals surface area contributed by atoms with Crippen molar-refractivity contribution in [1.29, 1.82) is 0 Å². The summed E-state index contributed by atoms with van der Waals surface area (Å²) in [4.78, 5) is 0. The van der Waals surface area contributed by atoms with Crippen molar-refractivity contribution in [2.24, 2.45) is 5.92 Å². The fraction of sp³-hybridized carbons (Fsp3) is 0.647. The summed E-state index contributed by atoms with van der Waals surface area (Å²) in [5, 5.41) is 0. The standard InChI is InChI=1S/C17H24O2/c1-12-5-3-7-14(11-12)16-13(2)6-4-8-15(16)17-18-9-10-19-17/h4,6,8,12,14,17H,3,5,7,9-11H2,1-2H3. The third-order valence-electron chi connectivity index (χ3n) is 4.58. The van der Waals surface area contributed by atoms with Crippen LogP contribution in [0.25, 0.3) is 0 Å². The van der Waals surface area contributed by atoms with Crippen molar-refractivity contribution in [2.75, 3.05) is 13.2 Å². The maximum absolute atomic E-state index is 5.73. The maximum Gasteiger partial charge on any atom is 0.184 e. The van der Waals surface area contributed by atoms with Crippen LogP contribution in [0.4, 0.5) is 0 Å². The van der Waals surface area contributed by atoms with E-state index in [9.17, 15) is 0 Å². The molecule has 2 heteroatoms. The molecule has 1 aromatic rings. The van der Waals surface area contributed by atoms with E-state index in [2.05, 4.69) is 32.0 Å². The first-order chi connectivity index (χ1) is 9.25. The van der Waals surface area contributed by atoms with Gasteiger partial charge >= 0.3 is 0 Å². The van der Waals surface area contributed by atoms with E-state index in [1.54, 1.807) is 0 Å². The summed E-state index contributed by atoms with van der Waals surface area (Å²) in [6.45, 7) is 6.05. The molecule has 2 unspecified atom stereocenters. The van der Waals surface area contributed by atoms with Crippen LogP contribution in [0.1, 0.15) is 61.5 Å². The zero-order valence-electron chi connectivity index (χ0n) is 12.0. The molecule has 2 atom stereocenters. The predicted molar refractivity (Wildman–Crippen MR) is 76.2 cm³/mol. The zero-order valence-corrected chi connectivity index (χ0v) is 12.0. The minimum Gasteiger partial charge on any atom is -0.346 e. The van der Waals surface area contributed by atoms with E-state index >= 15 is 0 Å².